The molecule has 7 nitrogen and oxygen atoms in total. The van der Waals surface area contributed by atoms with Gasteiger partial charge >= 0.3 is 6.18 Å². The molecule has 2 unspecified atom stereocenters. The summed E-state index contributed by atoms with van der Waals surface area (Å²) >= 11 is 1.50. The normalized spacial score (nSPS) is 19.1. The van der Waals surface area contributed by atoms with Gasteiger partial charge in [0, 0.05) is 41.5 Å². The molecule has 1 amide bonds. The zero-order valence-corrected chi connectivity index (χ0v) is 18.7. The number of nitrogens with zero attached hydrogens (tertiary/aromatic N) is 3. The number of aliphatic hydroxyl groups excluding tert-OH is 1. The highest BCUT2D eigenvalue weighted by molar-refractivity contribution is 7.97. The fourth-order valence-corrected chi connectivity index (χ4v) is 4.55. The lowest BCUT2D eigenvalue weighted by molar-refractivity contribution is -0.137. The Morgan fingerprint density at radius 1 is 1.15 bits per heavy atom. The molecule has 0 saturated carbocycles. The van der Waals surface area contributed by atoms with Gasteiger partial charge in [-0.05, 0) is 54.8 Å². The number of nitrogens with two attached hydrogens (primary N) is 1. The zero-order valence-electron chi connectivity index (χ0n) is 17.9. The van der Waals surface area contributed by atoms with Crippen LogP contribution in [0.3, 0.4) is 0 Å². The summed E-state index contributed by atoms with van der Waals surface area (Å²) in [5.41, 5.74) is 6.40. The summed E-state index contributed by atoms with van der Waals surface area (Å²) in [5, 5.41) is 13.6. The van der Waals surface area contributed by atoms with Gasteiger partial charge in [0.1, 0.15) is 5.82 Å². The van der Waals surface area contributed by atoms with E-state index in [0.717, 1.165) is 22.7 Å². The van der Waals surface area contributed by atoms with Crippen molar-refractivity contribution in [3.63, 3.8) is 0 Å². The number of nitrogens with one attached hydrogen (secondary N) is 1. The standard InChI is InChI=1S/C23H22F3N5O2S/c24-23(25,26)16-3-6-21(29-12-16)30-18-8-10-31(13-20(18)32)34-17-4-1-14(2-5-17)19-11-15(22(27)33)7-9-28-19/h1-7,9,11-12,18,20,32H,8,10,13H2,(H2,27,33)(H,29,30). The van der Waals surface area contributed by atoms with E-state index in [1.54, 1.807) is 12.1 Å². The summed E-state index contributed by atoms with van der Waals surface area (Å²) in [6.45, 7) is 1.05. The summed E-state index contributed by atoms with van der Waals surface area (Å²) in [6, 6.07) is 12.8. The van der Waals surface area contributed by atoms with E-state index in [1.807, 2.05) is 28.6 Å². The molecule has 1 aromatic carbocycles. The van der Waals surface area contributed by atoms with E-state index in [4.69, 9.17) is 5.73 Å². The predicted molar refractivity (Wildman–Crippen MR) is 123 cm³/mol. The number of benzene rings is 1. The van der Waals surface area contributed by atoms with Crippen LogP contribution in [0.4, 0.5) is 19.0 Å². The second-order valence-electron chi connectivity index (χ2n) is 7.83. The average molecular weight is 490 g/mol. The minimum absolute atomic E-state index is 0.294. The first-order valence-corrected chi connectivity index (χ1v) is 11.2. The van der Waals surface area contributed by atoms with Crippen LogP contribution in [0.2, 0.25) is 0 Å². The lowest BCUT2D eigenvalue weighted by Crippen LogP contribution is -2.47. The molecule has 1 fully saturated rings. The van der Waals surface area contributed by atoms with Crippen LogP contribution in [0.25, 0.3) is 11.3 Å². The molecule has 0 radical (unpaired) electrons. The number of aliphatic hydroxyl groups is 1. The van der Waals surface area contributed by atoms with Crippen LogP contribution in [-0.4, -0.2) is 50.5 Å². The maximum absolute atomic E-state index is 12.7. The van der Waals surface area contributed by atoms with Gasteiger partial charge in [0.15, 0.2) is 0 Å². The number of pyridine rings is 2. The number of carbonyl (C=O) groups excluding carboxylic acids is 1. The highest BCUT2D eigenvalue weighted by Crippen LogP contribution is 2.31. The third-order valence-corrected chi connectivity index (χ3v) is 6.47. The van der Waals surface area contributed by atoms with Crippen LogP contribution in [-0.2, 0) is 6.18 Å². The Balaban J connectivity index is 1.32. The molecule has 0 spiro atoms. The van der Waals surface area contributed by atoms with Gasteiger partial charge in [0.25, 0.3) is 0 Å². The lowest BCUT2D eigenvalue weighted by Gasteiger charge is -2.35. The number of hydrogen-bond donors (Lipinski definition) is 3. The highest BCUT2D eigenvalue weighted by Gasteiger charge is 2.31. The Hall–Kier alpha value is -3.15. The van der Waals surface area contributed by atoms with Crippen molar-refractivity contribution in [1.29, 1.82) is 0 Å². The number of rotatable bonds is 6. The molecule has 3 heterocycles. The molecule has 34 heavy (non-hydrogen) atoms. The molecule has 2 atom stereocenters. The van der Waals surface area contributed by atoms with Gasteiger partial charge in [-0.1, -0.05) is 12.1 Å². The van der Waals surface area contributed by atoms with Crippen molar-refractivity contribution in [3.8, 4) is 11.3 Å². The van der Waals surface area contributed by atoms with Crippen molar-refractivity contribution in [3.05, 3.63) is 72.1 Å². The van der Waals surface area contributed by atoms with Gasteiger partial charge in [-0.15, -0.1) is 0 Å². The van der Waals surface area contributed by atoms with E-state index in [2.05, 4.69) is 15.3 Å². The van der Waals surface area contributed by atoms with Gasteiger partial charge in [-0.25, -0.2) is 9.29 Å². The summed E-state index contributed by atoms with van der Waals surface area (Å²) in [7, 11) is 0. The lowest BCUT2D eigenvalue weighted by atomic mass is 10.0. The number of amides is 1. The number of aromatic nitrogens is 2. The fraction of sp³-hybridized carbons (Fsp3) is 0.261. The van der Waals surface area contributed by atoms with Crippen LogP contribution in [0.15, 0.2) is 65.8 Å². The summed E-state index contributed by atoms with van der Waals surface area (Å²) < 4.78 is 40.1. The van der Waals surface area contributed by atoms with Crippen molar-refractivity contribution in [2.75, 3.05) is 18.4 Å². The number of halogens is 3. The molecule has 3 aromatic rings. The molecular weight excluding hydrogens is 467 g/mol. The van der Waals surface area contributed by atoms with Crippen LogP contribution < -0.4 is 11.1 Å². The maximum Gasteiger partial charge on any atom is 0.417 e. The molecule has 1 aliphatic heterocycles. The Morgan fingerprint density at radius 3 is 2.53 bits per heavy atom. The smallest absolute Gasteiger partial charge is 0.390 e. The first-order chi connectivity index (χ1) is 16.2. The SMILES string of the molecule is NC(=O)c1ccnc(-c2ccc(SN3CCC(Nc4ccc(C(F)(F)F)cn4)C(O)C3)cc2)c1. The summed E-state index contributed by atoms with van der Waals surface area (Å²) in [5.74, 6) is -0.218. The molecule has 0 aliphatic carbocycles. The van der Waals surface area contributed by atoms with Gasteiger partial charge in [0.2, 0.25) is 5.91 Å². The van der Waals surface area contributed by atoms with Gasteiger partial charge in [-0.2, -0.15) is 13.2 Å². The number of primary amides is 1. The largest absolute Gasteiger partial charge is 0.417 e. The summed E-state index contributed by atoms with van der Waals surface area (Å²) in [4.78, 5) is 20.4. The van der Waals surface area contributed by atoms with E-state index >= 15 is 0 Å². The second-order valence-corrected chi connectivity index (χ2v) is 9.00. The molecule has 4 rings (SSSR count). The molecule has 0 bridgehead atoms. The molecular formula is C23H22F3N5O2S. The van der Waals surface area contributed by atoms with Crippen molar-refractivity contribution in [1.82, 2.24) is 14.3 Å². The molecule has 178 valence electrons. The van der Waals surface area contributed by atoms with Crippen LogP contribution in [0.1, 0.15) is 22.3 Å². The van der Waals surface area contributed by atoms with Crippen molar-refractivity contribution in [2.24, 2.45) is 5.73 Å². The molecule has 1 aliphatic rings. The Bertz CT molecular complexity index is 1140. The van der Waals surface area contributed by atoms with Crippen LogP contribution >= 0.6 is 11.9 Å². The van der Waals surface area contributed by atoms with Gasteiger partial charge in [0.05, 0.1) is 23.4 Å². The number of anilines is 1. The minimum Gasteiger partial charge on any atom is -0.390 e. The monoisotopic (exact) mass is 489 g/mol. The predicted octanol–water partition coefficient (Wildman–Crippen LogP) is 3.82. The second kappa shape index (κ2) is 10.00. The van der Waals surface area contributed by atoms with Crippen molar-refractivity contribution >= 4 is 23.7 Å². The first kappa shape index (κ1) is 24.0. The molecule has 11 heteroatoms. The molecule has 4 N–H and O–H groups in total. The maximum atomic E-state index is 12.7. The zero-order chi connectivity index (χ0) is 24.3. The van der Waals surface area contributed by atoms with Gasteiger partial charge < -0.3 is 16.2 Å². The Kier molecular flexibility index (Phi) is 7.05. The van der Waals surface area contributed by atoms with E-state index in [-0.39, 0.29) is 6.04 Å². The van der Waals surface area contributed by atoms with E-state index in [1.165, 1.54) is 24.2 Å². The highest BCUT2D eigenvalue weighted by atomic mass is 32.2. The topological polar surface area (TPSA) is 104 Å². The third kappa shape index (κ3) is 5.85. The van der Waals surface area contributed by atoms with E-state index in [9.17, 15) is 23.1 Å². The first-order valence-electron chi connectivity index (χ1n) is 10.5. The van der Waals surface area contributed by atoms with Crippen LogP contribution in [0.5, 0.6) is 0 Å². The quantitative estimate of drug-likeness (QED) is 0.452. The number of β-amino-alcohol motifs (C(OH)–C–C–N with tert-alkyl or cyclic N) is 1. The Labute approximate surface area is 198 Å². The van der Waals surface area contributed by atoms with Crippen LogP contribution in [0, 0.1) is 0 Å². The van der Waals surface area contributed by atoms with Gasteiger partial charge in [-0.3, -0.25) is 9.78 Å². The third-order valence-electron chi connectivity index (χ3n) is 5.40. The molecule has 1 saturated heterocycles. The van der Waals surface area contributed by atoms with Crippen molar-refractivity contribution in [2.45, 2.75) is 29.6 Å². The fourth-order valence-electron chi connectivity index (χ4n) is 3.57. The number of carbonyl (C=O) groups is 1. The number of hydrogen-bond acceptors (Lipinski definition) is 7. The average Bonchev–Trinajstić information content (AvgIpc) is 2.81. The van der Waals surface area contributed by atoms with Crippen molar-refractivity contribution < 1.29 is 23.1 Å². The number of alkyl halides is 3. The Morgan fingerprint density at radius 2 is 1.91 bits per heavy atom. The summed E-state index contributed by atoms with van der Waals surface area (Å²) in [6.07, 6.45) is -2.24. The molecule has 2 aromatic heterocycles. The minimum atomic E-state index is -4.43. The van der Waals surface area contributed by atoms with E-state index < -0.39 is 23.8 Å². The van der Waals surface area contributed by atoms with E-state index in [0.29, 0.717) is 36.6 Å². The number of piperidine rings is 1.